The van der Waals surface area contributed by atoms with Crippen molar-refractivity contribution in [3.8, 4) is 5.75 Å². The topological polar surface area (TPSA) is 29.5 Å². The molecule has 0 bridgehead atoms. The molecule has 0 saturated heterocycles. The standard InChI is InChI=1S/C16H12ClNO2/c1-18-13-4-2-3-5-14(13)20-15(16(18)19)10-11-6-8-12(17)9-7-11/h2-10H,1H3/b15-10-. The van der Waals surface area contributed by atoms with E-state index < -0.39 is 0 Å². The average molecular weight is 286 g/mol. The highest BCUT2D eigenvalue weighted by Crippen LogP contribution is 2.34. The summed E-state index contributed by atoms with van der Waals surface area (Å²) in [5.41, 5.74) is 1.64. The summed E-state index contributed by atoms with van der Waals surface area (Å²) in [5, 5.41) is 0.658. The third-order valence-electron chi connectivity index (χ3n) is 3.13. The summed E-state index contributed by atoms with van der Waals surface area (Å²) in [7, 11) is 1.74. The Labute approximate surface area is 122 Å². The predicted molar refractivity (Wildman–Crippen MR) is 79.9 cm³/mol. The monoisotopic (exact) mass is 285 g/mol. The molecule has 1 aliphatic heterocycles. The molecule has 0 radical (unpaired) electrons. The van der Waals surface area contributed by atoms with E-state index in [1.54, 1.807) is 30.2 Å². The van der Waals surface area contributed by atoms with Crippen LogP contribution in [-0.2, 0) is 4.79 Å². The fourth-order valence-electron chi connectivity index (χ4n) is 2.06. The summed E-state index contributed by atoms with van der Waals surface area (Å²) < 4.78 is 5.69. The Morgan fingerprint density at radius 2 is 1.80 bits per heavy atom. The first kappa shape index (κ1) is 12.8. The molecule has 3 rings (SSSR count). The lowest BCUT2D eigenvalue weighted by molar-refractivity contribution is -0.117. The molecule has 0 unspecified atom stereocenters. The lowest BCUT2D eigenvalue weighted by atomic mass is 10.1. The zero-order valence-electron chi connectivity index (χ0n) is 10.8. The highest BCUT2D eigenvalue weighted by molar-refractivity contribution is 6.30. The van der Waals surface area contributed by atoms with E-state index in [0.717, 1.165) is 11.3 Å². The molecule has 0 N–H and O–H groups in total. The predicted octanol–water partition coefficient (Wildman–Crippen LogP) is 3.74. The number of amides is 1. The number of carbonyl (C=O) groups excluding carboxylic acids is 1. The molecular formula is C16H12ClNO2. The number of nitrogens with zero attached hydrogens (tertiary/aromatic N) is 1. The number of fused-ring (bicyclic) bond motifs is 1. The number of likely N-dealkylation sites (N-methyl/N-ethyl adjacent to an activating group) is 1. The van der Waals surface area contributed by atoms with Gasteiger partial charge in [-0.25, -0.2) is 0 Å². The van der Waals surface area contributed by atoms with Crippen LogP contribution >= 0.6 is 11.6 Å². The number of carbonyl (C=O) groups is 1. The zero-order valence-corrected chi connectivity index (χ0v) is 11.6. The van der Waals surface area contributed by atoms with Crippen LogP contribution in [0.5, 0.6) is 5.75 Å². The largest absolute Gasteiger partial charge is 0.449 e. The van der Waals surface area contributed by atoms with Crippen LogP contribution in [0, 0.1) is 0 Å². The minimum Gasteiger partial charge on any atom is -0.449 e. The van der Waals surface area contributed by atoms with Crippen LogP contribution < -0.4 is 9.64 Å². The Bertz CT molecular complexity index is 692. The maximum Gasteiger partial charge on any atom is 0.293 e. The van der Waals surface area contributed by atoms with Crippen LogP contribution in [0.1, 0.15) is 5.56 Å². The molecule has 2 aromatic carbocycles. The lowest BCUT2D eigenvalue weighted by Gasteiger charge is -2.27. The van der Waals surface area contributed by atoms with Crippen molar-refractivity contribution in [1.82, 2.24) is 0 Å². The summed E-state index contributed by atoms with van der Waals surface area (Å²) in [5.74, 6) is 0.807. The van der Waals surface area contributed by atoms with Gasteiger partial charge in [0.1, 0.15) is 0 Å². The van der Waals surface area contributed by atoms with Crippen molar-refractivity contribution in [3.63, 3.8) is 0 Å². The summed E-state index contributed by atoms with van der Waals surface area (Å²) >= 11 is 5.85. The van der Waals surface area contributed by atoms with Gasteiger partial charge in [-0.05, 0) is 35.9 Å². The van der Waals surface area contributed by atoms with Crippen molar-refractivity contribution in [2.75, 3.05) is 11.9 Å². The van der Waals surface area contributed by atoms with E-state index in [1.165, 1.54) is 0 Å². The normalized spacial score (nSPS) is 16.0. The van der Waals surface area contributed by atoms with Gasteiger partial charge in [-0.15, -0.1) is 0 Å². The zero-order chi connectivity index (χ0) is 14.1. The Hall–Kier alpha value is -2.26. The van der Waals surface area contributed by atoms with Gasteiger partial charge in [0, 0.05) is 12.1 Å². The molecule has 0 saturated carbocycles. The Morgan fingerprint density at radius 1 is 1.10 bits per heavy atom. The lowest BCUT2D eigenvalue weighted by Crippen LogP contribution is -2.33. The van der Waals surface area contributed by atoms with E-state index in [4.69, 9.17) is 16.3 Å². The third-order valence-corrected chi connectivity index (χ3v) is 3.38. The van der Waals surface area contributed by atoms with Gasteiger partial charge in [0.2, 0.25) is 0 Å². The van der Waals surface area contributed by atoms with E-state index in [-0.39, 0.29) is 5.91 Å². The van der Waals surface area contributed by atoms with Crippen molar-refractivity contribution < 1.29 is 9.53 Å². The molecule has 2 aromatic rings. The van der Waals surface area contributed by atoms with Crippen molar-refractivity contribution in [1.29, 1.82) is 0 Å². The molecule has 4 heteroatoms. The molecule has 1 amide bonds. The van der Waals surface area contributed by atoms with Gasteiger partial charge in [0.15, 0.2) is 11.5 Å². The third kappa shape index (κ3) is 2.28. The van der Waals surface area contributed by atoms with Crippen LogP contribution in [-0.4, -0.2) is 13.0 Å². The number of para-hydroxylation sites is 2. The van der Waals surface area contributed by atoms with Gasteiger partial charge in [-0.3, -0.25) is 4.79 Å². The van der Waals surface area contributed by atoms with Gasteiger partial charge >= 0.3 is 0 Å². The fraction of sp³-hybridized carbons (Fsp3) is 0.0625. The maximum atomic E-state index is 12.3. The molecule has 1 aliphatic rings. The molecule has 0 atom stereocenters. The first-order chi connectivity index (χ1) is 9.65. The second-order valence-corrected chi connectivity index (χ2v) is 4.93. The van der Waals surface area contributed by atoms with E-state index >= 15 is 0 Å². The molecule has 0 aliphatic carbocycles. The summed E-state index contributed by atoms with van der Waals surface area (Å²) in [6.45, 7) is 0. The number of anilines is 1. The van der Waals surface area contributed by atoms with E-state index in [2.05, 4.69) is 0 Å². The number of rotatable bonds is 1. The van der Waals surface area contributed by atoms with Gasteiger partial charge in [-0.1, -0.05) is 35.9 Å². The van der Waals surface area contributed by atoms with Crippen LogP contribution in [0.15, 0.2) is 54.3 Å². The summed E-state index contributed by atoms with van der Waals surface area (Å²) in [6, 6.07) is 14.7. The molecule has 0 aromatic heterocycles. The van der Waals surface area contributed by atoms with Crippen molar-refractivity contribution in [3.05, 3.63) is 64.9 Å². The highest BCUT2D eigenvalue weighted by atomic mass is 35.5. The Balaban J connectivity index is 2.00. The van der Waals surface area contributed by atoms with Crippen molar-refractivity contribution in [2.24, 2.45) is 0 Å². The second-order valence-electron chi connectivity index (χ2n) is 4.49. The molecular weight excluding hydrogens is 274 g/mol. The molecule has 100 valence electrons. The van der Waals surface area contributed by atoms with Crippen LogP contribution in [0.25, 0.3) is 6.08 Å². The number of hydrogen-bond acceptors (Lipinski definition) is 2. The van der Waals surface area contributed by atoms with Gasteiger partial charge in [0.05, 0.1) is 5.69 Å². The van der Waals surface area contributed by atoms with E-state index in [1.807, 2.05) is 36.4 Å². The molecule has 0 spiro atoms. The minimum absolute atomic E-state index is 0.168. The SMILES string of the molecule is CN1C(=O)/C(=C/c2ccc(Cl)cc2)Oc2ccccc21. The van der Waals surface area contributed by atoms with Crippen molar-refractivity contribution in [2.45, 2.75) is 0 Å². The van der Waals surface area contributed by atoms with E-state index in [0.29, 0.717) is 16.5 Å². The fourth-order valence-corrected chi connectivity index (χ4v) is 2.18. The molecule has 20 heavy (non-hydrogen) atoms. The Morgan fingerprint density at radius 3 is 2.55 bits per heavy atom. The highest BCUT2D eigenvalue weighted by Gasteiger charge is 2.26. The molecule has 3 nitrogen and oxygen atoms in total. The first-order valence-corrected chi connectivity index (χ1v) is 6.55. The van der Waals surface area contributed by atoms with Crippen LogP contribution in [0.3, 0.4) is 0 Å². The molecule has 0 fully saturated rings. The summed E-state index contributed by atoms with van der Waals surface area (Å²) in [6.07, 6.45) is 1.71. The van der Waals surface area contributed by atoms with Crippen LogP contribution in [0.2, 0.25) is 5.02 Å². The second kappa shape index (κ2) is 5.02. The van der Waals surface area contributed by atoms with Crippen molar-refractivity contribution >= 4 is 29.3 Å². The van der Waals surface area contributed by atoms with Gasteiger partial charge in [-0.2, -0.15) is 0 Å². The van der Waals surface area contributed by atoms with Gasteiger partial charge in [0.25, 0.3) is 5.91 Å². The van der Waals surface area contributed by atoms with Crippen LogP contribution in [0.4, 0.5) is 5.69 Å². The van der Waals surface area contributed by atoms with Gasteiger partial charge < -0.3 is 9.64 Å². The number of halogens is 1. The van der Waals surface area contributed by atoms with E-state index in [9.17, 15) is 4.79 Å². The Kier molecular flexibility index (Phi) is 3.20. The number of ether oxygens (including phenoxy) is 1. The summed E-state index contributed by atoms with van der Waals surface area (Å²) in [4.78, 5) is 13.8. The average Bonchev–Trinajstić information content (AvgIpc) is 2.47. The number of benzene rings is 2. The smallest absolute Gasteiger partial charge is 0.293 e. The number of hydrogen-bond donors (Lipinski definition) is 0. The first-order valence-electron chi connectivity index (χ1n) is 6.17. The maximum absolute atomic E-state index is 12.3. The molecule has 1 heterocycles. The quantitative estimate of drug-likeness (QED) is 0.747. The minimum atomic E-state index is -0.168.